The molecule has 3 bridgehead atoms. The van der Waals surface area contributed by atoms with Gasteiger partial charge in [-0.15, -0.1) is 0 Å². The molecule has 1 unspecified atom stereocenters. The number of hydrogen-bond acceptors (Lipinski definition) is 3. The van der Waals surface area contributed by atoms with Crippen molar-refractivity contribution in [3.63, 3.8) is 0 Å². The monoisotopic (exact) mass is 387 g/mol. The molecular weight excluding hydrogens is 346 g/mol. The lowest BCUT2D eigenvalue weighted by Gasteiger charge is -2.52. The molecule has 3 fully saturated rings. The van der Waals surface area contributed by atoms with Crippen LogP contribution in [0.3, 0.4) is 0 Å². The summed E-state index contributed by atoms with van der Waals surface area (Å²) in [6, 6.07) is 0. The fourth-order valence-corrected chi connectivity index (χ4v) is 6.70. The first-order valence-corrected chi connectivity index (χ1v) is 11.9. The highest BCUT2D eigenvalue weighted by Crippen LogP contribution is 2.54. The zero-order chi connectivity index (χ0) is 20.1. The Kier molecular flexibility index (Phi) is 5.55. The summed E-state index contributed by atoms with van der Waals surface area (Å²) in [4.78, 5) is 5.15. The molecule has 0 aromatic rings. The molecular formula is C25H41NO2. The van der Waals surface area contributed by atoms with E-state index in [4.69, 9.17) is 14.5 Å². The van der Waals surface area contributed by atoms with Crippen molar-refractivity contribution in [1.82, 2.24) is 0 Å². The predicted molar refractivity (Wildman–Crippen MR) is 116 cm³/mol. The van der Waals surface area contributed by atoms with E-state index in [9.17, 15) is 0 Å². The summed E-state index contributed by atoms with van der Waals surface area (Å²) in [6.07, 6.45) is 11.1. The molecule has 8 atom stereocenters. The van der Waals surface area contributed by atoms with Crippen molar-refractivity contribution in [2.24, 2.45) is 34.1 Å². The van der Waals surface area contributed by atoms with Crippen LogP contribution < -0.4 is 0 Å². The van der Waals surface area contributed by atoms with E-state index in [1.165, 1.54) is 37.0 Å². The number of hydrogen-bond donors (Lipinski definition) is 0. The lowest BCUT2D eigenvalue weighted by molar-refractivity contribution is -0.276. The smallest absolute Gasteiger partial charge is 0.169 e. The highest BCUT2D eigenvalue weighted by Gasteiger charge is 2.55. The zero-order valence-electron chi connectivity index (χ0n) is 19.0. The Balaban J connectivity index is 1.84. The van der Waals surface area contributed by atoms with Crippen LogP contribution in [0.15, 0.2) is 16.6 Å². The molecule has 0 amide bonds. The number of allylic oxidation sites excluding steroid dienone is 1. The maximum atomic E-state index is 7.11. The Hall–Kier alpha value is -0.670. The van der Waals surface area contributed by atoms with Crippen LogP contribution in [0, 0.1) is 29.1 Å². The van der Waals surface area contributed by atoms with Gasteiger partial charge in [0.15, 0.2) is 5.79 Å². The first kappa shape index (κ1) is 20.6. The molecule has 158 valence electrons. The summed E-state index contributed by atoms with van der Waals surface area (Å²) >= 11 is 0. The van der Waals surface area contributed by atoms with Crippen LogP contribution in [-0.2, 0) is 9.47 Å². The normalized spacial score (nSPS) is 50.6. The van der Waals surface area contributed by atoms with Crippen molar-refractivity contribution in [1.29, 1.82) is 0 Å². The van der Waals surface area contributed by atoms with Crippen LogP contribution >= 0.6 is 0 Å². The molecule has 28 heavy (non-hydrogen) atoms. The zero-order valence-corrected chi connectivity index (χ0v) is 19.0. The molecule has 3 heterocycles. The van der Waals surface area contributed by atoms with E-state index in [1.54, 1.807) is 0 Å². The first-order valence-electron chi connectivity index (χ1n) is 11.9. The minimum atomic E-state index is -0.406. The summed E-state index contributed by atoms with van der Waals surface area (Å²) in [6.45, 7) is 15.0. The van der Waals surface area contributed by atoms with E-state index in [0.29, 0.717) is 29.8 Å². The Bertz CT molecular complexity index is 655. The predicted octanol–water partition coefficient (Wildman–Crippen LogP) is 6.18. The summed E-state index contributed by atoms with van der Waals surface area (Å²) < 4.78 is 13.9. The number of aliphatic imine (C=N–C) groups is 1. The fraction of sp³-hybridized carbons (Fsp3) is 0.880. The molecule has 3 saturated heterocycles. The first-order chi connectivity index (χ1) is 13.3. The largest absolute Gasteiger partial charge is 0.346 e. The summed E-state index contributed by atoms with van der Waals surface area (Å²) in [5, 5.41) is 0. The van der Waals surface area contributed by atoms with Gasteiger partial charge in [-0.05, 0) is 63.7 Å². The molecule has 0 aromatic carbocycles. The Morgan fingerprint density at radius 3 is 2.57 bits per heavy atom. The molecule has 0 saturated carbocycles. The maximum absolute atomic E-state index is 7.11. The van der Waals surface area contributed by atoms with E-state index < -0.39 is 5.79 Å². The van der Waals surface area contributed by atoms with Crippen LogP contribution in [-0.4, -0.2) is 30.3 Å². The average molecular weight is 388 g/mol. The Labute approximate surface area is 172 Å². The van der Waals surface area contributed by atoms with Crippen LogP contribution in [0.2, 0.25) is 0 Å². The van der Waals surface area contributed by atoms with Gasteiger partial charge >= 0.3 is 0 Å². The summed E-state index contributed by atoms with van der Waals surface area (Å²) in [5.41, 5.74) is 3.06. The van der Waals surface area contributed by atoms with Crippen molar-refractivity contribution >= 4 is 5.71 Å². The molecule has 3 aliphatic heterocycles. The van der Waals surface area contributed by atoms with Gasteiger partial charge in [-0.2, -0.15) is 0 Å². The molecule has 3 nitrogen and oxygen atoms in total. The SMILES string of the molecule is CC/N=C1/[C@@H](C)C[C@]23CC[C@H](O2)[C@@H](C)CCC(C)[C@@H](O3)[C@H]2C=C(C)CC[C@]12C. The number of fused-ring (bicyclic) bond motifs is 4. The molecule has 0 radical (unpaired) electrons. The number of ether oxygens (including phenoxy) is 2. The van der Waals surface area contributed by atoms with Crippen LogP contribution in [0.4, 0.5) is 0 Å². The van der Waals surface area contributed by atoms with E-state index in [2.05, 4.69) is 47.6 Å². The third-order valence-corrected chi connectivity index (χ3v) is 8.39. The fourth-order valence-electron chi connectivity index (χ4n) is 6.70. The third-order valence-electron chi connectivity index (χ3n) is 8.39. The van der Waals surface area contributed by atoms with Crippen LogP contribution in [0.25, 0.3) is 0 Å². The molecule has 1 aliphatic carbocycles. The maximum Gasteiger partial charge on any atom is 0.169 e. The van der Waals surface area contributed by atoms with Gasteiger partial charge in [0.1, 0.15) is 0 Å². The molecule has 4 rings (SSSR count). The minimum Gasteiger partial charge on any atom is -0.346 e. The Morgan fingerprint density at radius 1 is 1.07 bits per heavy atom. The van der Waals surface area contributed by atoms with E-state index in [1.807, 2.05) is 0 Å². The molecule has 0 N–H and O–H groups in total. The van der Waals surface area contributed by atoms with Crippen molar-refractivity contribution < 1.29 is 9.47 Å². The van der Waals surface area contributed by atoms with Gasteiger partial charge in [0.25, 0.3) is 0 Å². The standard InChI is InChI=1S/C25H41NO2/c1-7-26-23-19(5)15-25-13-11-21(27-25)17(3)8-9-18(4)22(28-25)20-14-16(2)10-12-24(20,23)6/h14,17-22H,7-13,15H2,1-6H3/b26-23-/t17-,18?,19-,20+,21-,22+,24-,25+/m0/s1. The van der Waals surface area contributed by atoms with E-state index >= 15 is 0 Å². The van der Waals surface area contributed by atoms with Gasteiger partial charge in [0.05, 0.1) is 12.2 Å². The van der Waals surface area contributed by atoms with Gasteiger partial charge < -0.3 is 9.47 Å². The molecule has 1 spiro atoms. The van der Waals surface area contributed by atoms with Gasteiger partial charge in [-0.1, -0.05) is 39.3 Å². The highest BCUT2D eigenvalue weighted by molar-refractivity contribution is 5.92. The van der Waals surface area contributed by atoms with Crippen molar-refractivity contribution in [2.45, 2.75) is 104 Å². The molecule has 4 aliphatic rings. The molecule has 3 heteroatoms. The molecule has 0 aromatic heterocycles. The van der Waals surface area contributed by atoms with Crippen molar-refractivity contribution in [3.05, 3.63) is 11.6 Å². The lowest BCUT2D eigenvalue weighted by atomic mass is 9.59. The van der Waals surface area contributed by atoms with Gasteiger partial charge in [-0.25, -0.2) is 0 Å². The number of rotatable bonds is 1. The second-order valence-electron chi connectivity index (χ2n) is 10.6. The highest BCUT2D eigenvalue weighted by atomic mass is 16.7. The van der Waals surface area contributed by atoms with Crippen LogP contribution in [0.5, 0.6) is 0 Å². The minimum absolute atomic E-state index is 0.104. The topological polar surface area (TPSA) is 30.8 Å². The number of nitrogens with zero attached hydrogens (tertiary/aromatic N) is 1. The van der Waals surface area contributed by atoms with Gasteiger partial charge in [0.2, 0.25) is 0 Å². The second kappa shape index (κ2) is 7.54. The van der Waals surface area contributed by atoms with Gasteiger partial charge in [0, 0.05) is 36.4 Å². The summed E-state index contributed by atoms with van der Waals surface area (Å²) in [5.74, 6) is 1.57. The van der Waals surface area contributed by atoms with E-state index in [-0.39, 0.29) is 11.5 Å². The van der Waals surface area contributed by atoms with Crippen molar-refractivity contribution in [3.8, 4) is 0 Å². The van der Waals surface area contributed by atoms with Gasteiger partial charge in [-0.3, -0.25) is 4.99 Å². The van der Waals surface area contributed by atoms with E-state index in [0.717, 1.165) is 25.8 Å². The third kappa shape index (κ3) is 3.41. The summed E-state index contributed by atoms with van der Waals surface area (Å²) in [7, 11) is 0. The average Bonchev–Trinajstić information content (AvgIpc) is 3.08. The lowest BCUT2D eigenvalue weighted by Crippen LogP contribution is -2.55. The quantitative estimate of drug-likeness (QED) is 0.503. The Morgan fingerprint density at radius 2 is 1.82 bits per heavy atom. The second-order valence-corrected chi connectivity index (χ2v) is 10.6. The van der Waals surface area contributed by atoms with Crippen LogP contribution in [0.1, 0.15) is 86.5 Å². The van der Waals surface area contributed by atoms with Crippen molar-refractivity contribution in [2.75, 3.05) is 6.54 Å².